The predicted octanol–water partition coefficient (Wildman–Crippen LogP) is 1.30. The van der Waals surface area contributed by atoms with E-state index in [9.17, 15) is 0 Å². The second kappa shape index (κ2) is 7.43. The highest BCUT2D eigenvalue weighted by atomic mass is 16.3. The third-order valence-corrected chi connectivity index (χ3v) is 2.83. The molecule has 0 bridgehead atoms. The smallest absolute Gasteiger partial charge is 0.0894 e. The molecule has 17 heavy (non-hydrogen) atoms. The Kier molecular flexibility index (Phi) is 6.19. The highest BCUT2D eigenvalue weighted by molar-refractivity contribution is 5.24. The molecule has 0 saturated heterocycles. The molecule has 0 aliphatic rings. The Balaban J connectivity index is 2.28. The Bertz CT molecular complexity index is 309. The van der Waals surface area contributed by atoms with E-state index in [1.165, 1.54) is 11.1 Å². The lowest BCUT2D eigenvalue weighted by Crippen LogP contribution is -2.30. The van der Waals surface area contributed by atoms with Crippen LogP contribution in [0.1, 0.15) is 30.9 Å². The van der Waals surface area contributed by atoms with Gasteiger partial charge < -0.3 is 15.5 Å². The van der Waals surface area contributed by atoms with Gasteiger partial charge in [0, 0.05) is 6.54 Å². The molecule has 96 valence electrons. The van der Waals surface area contributed by atoms with Crippen molar-refractivity contribution in [3.8, 4) is 0 Å². The number of aliphatic hydroxyl groups excluding tert-OH is 2. The lowest BCUT2D eigenvalue weighted by molar-refractivity contribution is 0.0947. The molecule has 3 heteroatoms. The molecule has 0 fully saturated rings. The SMILES string of the molecule is CC(C)c1ccc(CCNCC(O)CO)cc1. The van der Waals surface area contributed by atoms with E-state index in [4.69, 9.17) is 10.2 Å². The first-order valence-corrected chi connectivity index (χ1v) is 6.22. The second-order valence-electron chi connectivity index (χ2n) is 4.69. The Morgan fingerprint density at radius 1 is 1.18 bits per heavy atom. The fourth-order valence-electron chi connectivity index (χ4n) is 1.64. The molecule has 3 nitrogen and oxygen atoms in total. The molecule has 0 spiro atoms. The summed E-state index contributed by atoms with van der Waals surface area (Å²) >= 11 is 0. The van der Waals surface area contributed by atoms with Gasteiger partial charge >= 0.3 is 0 Å². The first kappa shape index (κ1) is 14.2. The fourth-order valence-corrected chi connectivity index (χ4v) is 1.64. The zero-order chi connectivity index (χ0) is 12.7. The van der Waals surface area contributed by atoms with Crippen molar-refractivity contribution in [2.75, 3.05) is 19.7 Å². The third-order valence-electron chi connectivity index (χ3n) is 2.83. The van der Waals surface area contributed by atoms with Crippen molar-refractivity contribution in [1.82, 2.24) is 5.32 Å². The van der Waals surface area contributed by atoms with E-state index in [0.29, 0.717) is 12.5 Å². The number of hydrogen-bond acceptors (Lipinski definition) is 3. The van der Waals surface area contributed by atoms with Gasteiger partial charge in [0.1, 0.15) is 0 Å². The van der Waals surface area contributed by atoms with Crippen molar-refractivity contribution in [1.29, 1.82) is 0 Å². The van der Waals surface area contributed by atoms with Crippen LogP contribution in [0.15, 0.2) is 24.3 Å². The van der Waals surface area contributed by atoms with Crippen molar-refractivity contribution < 1.29 is 10.2 Å². The maximum absolute atomic E-state index is 9.14. The minimum absolute atomic E-state index is 0.184. The normalized spacial score (nSPS) is 13.0. The average Bonchev–Trinajstić information content (AvgIpc) is 2.34. The van der Waals surface area contributed by atoms with Crippen LogP contribution in [0.2, 0.25) is 0 Å². The van der Waals surface area contributed by atoms with Crippen LogP contribution >= 0.6 is 0 Å². The van der Waals surface area contributed by atoms with E-state index >= 15 is 0 Å². The predicted molar refractivity (Wildman–Crippen MR) is 70.2 cm³/mol. The molecule has 1 atom stereocenters. The van der Waals surface area contributed by atoms with Gasteiger partial charge in [-0.05, 0) is 30.0 Å². The topological polar surface area (TPSA) is 52.5 Å². The summed E-state index contributed by atoms with van der Waals surface area (Å²) in [5, 5.41) is 20.9. The molecule has 0 aliphatic carbocycles. The van der Waals surface area contributed by atoms with Crippen LogP contribution < -0.4 is 5.32 Å². The summed E-state index contributed by atoms with van der Waals surface area (Å²) in [6.07, 6.45) is 0.287. The van der Waals surface area contributed by atoms with Crippen LogP contribution in [0.3, 0.4) is 0 Å². The van der Waals surface area contributed by atoms with Gasteiger partial charge in [0.25, 0.3) is 0 Å². The van der Waals surface area contributed by atoms with Gasteiger partial charge in [0.2, 0.25) is 0 Å². The molecule has 1 unspecified atom stereocenters. The minimum Gasteiger partial charge on any atom is -0.394 e. The van der Waals surface area contributed by atoms with Gasteiger partial charge in [-0.1, -0.05) is 38.1 Å². The summed E-state index contributed by atoms with van der Waals surface area (Å²) in [6.45, 7) is 5.45. The summed E-state index contributed by atoms with van der Waals surface area (Å²) in [4.78, 5) is 0. The lowest BCUT2D eigenvalue weighted by atomic mass is 10.0. The van der Waals surface area contributed by atoms with Gasteiger partial charge in [0.05, 0.1) is 12.7 Å². The van der Waals surface area contributed by atoms with E-state index < -0.39 is 6.10 Å². The zero-order valence-electron chi connectivity index (χ0n) is 10.7. The standard InChI is InChI=1S/C14H23NO2/c1-11(2)13-5-3-12(4-6-13)7-8-15-9-14(17)10-16/h3-6,11,14-17H,7-10H2,1-2H3. The van der Waals surface area contributed by atoms with Gasteiger partial charge in [-0.15, -0.1) is 0 Å². The fraction of sp³-hybridized carbons (Fsp3) is 0.571. The van der Waals surface area contributed by atoms with Crippen molar-refractivity contribution in [2.24, 2.45) is 0 Å². The molecule has 0 aromatic heterocycles. The molecule has 1 aromatic carbocycles. The van der Waals surface area contributed by atoms with Crippen molar-refractivity contribution >= 4 is 0 Å². The quantitative estimate of drug-likeness (QED) is 0.626. The molecule has 0 aliphatic heterocycles. The highest BCUT2D eigenvalue weighted by Gasteiger charge is 2.01. The van der Waals surface area contributed by atoms with Crippen LogP contribution in [0.25, 0.3) is 0 Å². The van der Waals surface area contributed by atoms with Crippen molar-refractivity contribution in [2.45, 2.75) is 32.3 Å². The average molecular weight is 237 g/mol. The zero-order valence-corrected chi connectivity index (χ0v) is 10.7. The Labute approximate surface area is 103 Å². The number of rotatable bonds is 7. The minimum atomic E-state index is -0.654. The molecule has 1 aromatic rings. The van der Waals surface area contributed by atoms with E-state index in [0.717, 1.165) is 13.0 Å². The lowest BCUT2D eigenvalue weighted by Gasteiger charge is -2.09. The van der Waals surface area contributed by atoms with Gasteiger partial charge in [-0.3, -0.25) is 0 Å². The number of hydrogen-bond donors (Lipinski definition) is 3. The monoisotopic (exact) mass is 237 g/mol. The first-order chi connectivity index (χ1) is 8.13. The molecule has 0 heterocycles. The maximum atomic E-state index is 9.14. The summed E-state index contributed by atoms with van der Waals surface area (Å²) in [5.41, 5.74) is 2.65. The number of nitrogens with one attached hydrogen (secondary N) is 1. The Morgan fingerprint density at radius 2 is 1.82 bits per heavy atom. The van der Waals surface area contributed by atoms with Gasteiger partial charge in [-0.25, -0.2) is 0 Å². The van der Waals surface area contributed by atoms with Crippen molar-refractivity contribution in [3.63, 3.8) is 0 Å². The van der Waals surface area contributed by atoms with Crippen LogP contribution in [-0.4, -0.2) is 36.0 Å². The van der Waals surface area contributed by atoms with E-state index in [-0.39, 0.29) is 6.61 Å². The molecule has 3 N–H and O–H groups in total. The van der Waals surface area contributed by atoms with Crippen LogP contribution in [0.5, 0.6) is 0 Å². The van der Waals surface area contributed by atoms with Crippen LogP contribution in [-0.2, 0) is 6.42 Å². The molecular weight excluding hydrogens is 214 g/mol. The van der Waals surface area contributed by atoms with Gasteiger partial charge in [-0.2, -0.15) is 0 Å². The van der Waals surface area contributed by atoms with Crippen molar-refractivity contribution in [3.05, 3.63) is 35.4 Å². The van der Waals surface area contributed by atoms with E-state index in [1.54, 1.807) is 0 Å². The summed E-state index contributed by atoms with van der Waals surface area (Å²) in [7, 11) is 0. The largest absolute Gasteiger partial charge is 0.394 e. The Hall–Kier alpha value is -0.900. The number of benzene rings is 1. The second-order valence-corrected chi connectivity index (χ2v) is 4.69. The number of aliphatic hydroxyl groups is 2. The van der Waals surface area contributed by atoms with E-state index in [2.05, 4.69) is 43.4 Å². The molecule has 0 amide bonds. The first-order valence-electron chi connectivity index (χ1n) is 6.22. The Morgan fingerprint density at radius 3 is 2.35 bits per heavy atom. The summed E-state index contributed by atoms with van der Waals surface area (Å²) in [6, 6.07) is 8.64. The molecule has 0 saturated carbocycles. The highest BCUT2D eigenvalue weighted by Crippen LogP contribution is 2.14. The molecule has 0 radical (unpaired) electrons. The van der Waals surface area contributed by atoms with Crippen LogP contribution in [0.4, 0.5) is 0 Å². The summed E-state index contributed by atoms with van der Waals surface area (Å²) < 4.78 is 0. The van der Waals surface area contributed by atoms with Crippen LogP contribution in [0, 0.1) is 0 Å². The molecular formula is C14H23NO2. The maximum Gasteiger partial charge on any atom is 0.0894 e. The summed E-state index contributed by atoms with van der Waals surface area (Å²) in [5.74, 6) is 0.571. The molecule has 1 rings (SSSR count). The van der Waals surface area contributed by atoms with Gasteiger partial charge in [0.15, 0.2) is 0 Å². The van der Waals surface area contributed by atoms with E-state index in [1.807, 2.05) is 0 Å². The third kappa shape index (κ3) is 5.31.